The molecule has 0 amide bonds. The minimum atomic E-state index is 1.07. The highest BCUT2D eigenvalue weighted by Gasteiger charge is 2.18. The van der Waals surface area contributed by atoms with Gasteiger partial charge in [-0.25, -0.2) is 0 Å². The van der Waals surface area contributed by atoms with Gasteiger partial charge in [0.1, 0.15) is 0 Å². The monoisotopic (exact) mass is 308 g/mol. The zero-order valence-corrected chi connectivity index (χ0v) is 14.7. The summed E-state index contributed by atoms with van der Waals surface area (Å²) >= 11 is 0. The van der Waals surface area contributed by atoms with Gasteiger partial charge in [0.15, 0.2) is 0 Å². The molecule has 0 saturated carbocycles. The highest BCUT2D eigenvalue weighted by Crippen LogP contribution is 2.24. The second-order valence-electron chi connectivity index (χ2n) is 6.65. The van der Waals surface area contributed by atoms with Gasteiger partial charge in [0.25, 0.3) is 0 Å². The zero-order chi connectivity index (χ0) is 16.2. The summed E-state index contributed by atoms with van der Waals surface area (Å²) in [5, 5.41) is 0. The van der Waals surface area contributed by atoms with Gasteiger partial charge in [0.05, 0.1) is 0 Å². The molecule has 0 N–H and O–H groups in total. The van der Waals surface area contributed by atoms with Crippen LogP contribution >= 0.6 is 0 Å². The number of hydrogen-bond acceptors (Lipinski definition) is 2. The predicted octanol–water partition coefficient (Wildman–Crippen LogP) is 4.19. The van der Waals surface area contributed by atoms with Crippen LogP contribution in [-0.2, 0) is 13.0 Å². The summed E-state index contributed by atoms with van der Waals surface area (Å²) in [7, 11) is 0. The standard InChI is InChI=1S/C21H28N2/c1-4-19-8-10-20(11-9-19)16-22-12-14-23(15-13-22)21-7-5-6-17(2)18(21)3/h5-11H,4,12-16H2,1-3H3. The van der Waals surface area contributed by atoms with Crippen LogP contribution in [0.3, 0.4) is 0 Å². The van der Waals surface area contributed by atoms with Crippen molar-refractivity contribution in [2.75, 3.05) is 31.1 Å². The summed E-state index contributed by atoms with van der Waals surface area (Å²) in [6.07, 6.45) is 1.12. The smallest absolute Gasteiger partial charge is 0.0399 e. The van der Waals surface area contributed by atoms with Crippen LogP contribution in [0.1, 0.15) is 29.2 Å². The van der Waals surface area contributed by atoms with Crippen LogP contribution in [-0.4, -0.2) is 31.1 Å². The lowest BCUT2D eigenvalue weighted by Gasteiger charge is -2.37. The fraction of sp³-hybridized carbons (Fsp3) is 0.429. The zero-order valence-electron chi connectivity index (χ0n) is 14.7. The van der Waals surface area contributed by atoms with Crippen molar-refractivity contribution in [3.05, 3.63) is 64.7 Å². The van der Waals surface area contributed by atoms with Crippen molar-refractivity contribution in [3.8, 4) is 0 Å². The summed E-state index contributed by atoms with van der Waals surface area (Å²) in [4.78, 5) is 5.11. The van der Waals surface area contributed by atoms with Gasteiger partial charge >= 0.3 is 0 Å². The summed E-state index contributed by atoms with van der Waals surface area (Å²) in [5.74, 6) is 0. The lowest BCUT2D eigenvalue weighted by molar-refractivity contribution is 0.250. The van der Waals surface area contributed by atoms with Gasteiger partial charge in [-0.3, -0.25) is 4.90 Å². The van der Waals surface area contributed by atoms with E-state index in [0.29, 0.717) is 0 Å². The lowest BCUT2D eigenvalue weighted by Crippen LogP contribution is -2.46. The quantitative estimate of drug-likeness (QED) is 0.835. The average molecular weight is 308 g/mol. The van der Waals surface area contributed by atoms with E-state index in [1.807, 2.05) is 0 Å². The van der Waals surface area contributed by atoms with E-state index in [4.69, 9.17) is 0 Å². The first kappa shape index (κ1) is 16.1. The topological polar surface area (TPSA) is 6.48 Å². The molecule has 1 heterocycles. The molecule has 1 fully saturated rings. The number of piperazine rings is 1. The number of hydrogen-bond donors (Lipinski definition) is 0. The van der Waals surface area contributed by atoms with Crippen molar-refractivity contribution < 1.29 is 0 Å². The SMILES string of the molecule is CCc1ccc(CN2CCN(c3cccc(C)c3C)CC2)cc1. The molecule has 0 radical (unpaired) electrons. The van der Waals surface area contributed by atoms with Gasteiger partial charge in [-0.05, 0) is 48.6 Å². The number of benzene rings is 2. The van der Waals surface area contributed by atoms with Gasteiger partial charge in [-0.1, -0.05) is 43.3 Å². The molecule has 1 aliphatic rings. The van der Waals surface area contributed by atoms with E-state index in [0.717, 1.165) is 39.1 Å². The molecule has 2 aromatic rings. The van der Waals surface area contributed by atoms with E-state index in [2.05, 4.69) is 73.0 Å². The van der Waals surface area contributed by atoms with Gasteiger partial charge in [0.2, 0.25) is 0 Å². The van der Waals surface area contributed by atoms with E-state index in [1.165, 1.54) is 27.9 Å². The van der Waals surface area contributed by atoms with Crippen LogP contribution in [0.4, 0.5) is 5.69 Å². The van der Waals surface area contributed by atoms with E-state index in [9.17, 15) is 0 Å². The Hall–Kier alpha value is -1.80. The number of rotatable bonds is 4. The Balaban J connectivity index is 1.58. The fourth-order valence-corrected chi connectivity index (χ4v) is 3.36. The van der Waals surface area contributed by atoms with E-state index < -0.39 is 0 Å². The normalized spacial score (nSPS) is 15.9. The summed E-state index contributed by atoms with van der Waals surface area (Å²) in [5.41, 5.74) is 7.09. The van der Waals surface area contributed by atoms with Crippen LogP contribution in [0.25, 0.3) is 0 Å². The molecular weight excluding hydrogens is 280 g/mol. The molecule has 0 bridgehead atoms. The summed E-state index contributed by atoms with van der Waals surface area (Å²) in [6, 6.07) is 15.8. The summed E-state index contributed by atoms with van der Waals surface area (Å²) < 4.78 is 0. The van der Waals surface area contributed by atoms with Gasteiger partial charge in [-0.15, -0.1) is 0 Å². The lowest BCUT2D eigenvalue weighted by atomic mass is 10.1. The molecule has 2 aromatic carbocycles. The molecule has 23 heavy (non-hydrogen) atoms. The Morgan fingerprint density at radius 2 is 1.48 bits per heavy atom. The molecule has 2 nitrogen and oxygen atoms in total. The molecule has 122 valence electrons. The van der Waals surface area contributed by atoms with Crippen LogP contribution in [0.5, 0.6) is 0 Å². The fourth-order valence-electron chi connectivity index (χ4n) is 3.36. The van der Waals surface area contributed by atoms with Crippen LogP contribution in [0, 0.1) is 13.8 Å². The van der Waals surface area contributed by atoms with Crippen molar-refractivity contribution in [3.63, 3.8) is 0 Å². The highest BCUT2D eigenvalue weighted by molar-refractivity contribution is 5.56. The van der Waals surface area contributed by atoms with E-state index >= 15 is 0 Å². The first-order valence-corrected chi connectivity index (χ1v) is 8.78. The molecule has 0 spiro atoms. The third-order valence-corrected chi connectivity index (χ3v) is 5.13. The molecule has 0 unspecified atom stereocenters. The minimum Gasteiger partial charge on any atom is -0.369 e. The average Bonchev–Trinajstić information content (AvgIpc) is 2.59. The molecule has 0 aliphatic carbocycles. The van der Waals surface area contributed by atoms with Gasteiger partial charge < -0.3 is 4.90 Å². The van der Waals surface area contributed by atoms with Crippen molar-refractivity contribution in [2.45, 2.75) is 33.7 Å². The minimum absolute atomic E-state index is 1.07. The second-order valence-corrected chi connectivity index (χ2v) is 6.65. The Bertz CT molecular complexity index is 637. The third-order valence-electron chi connectivity index (χ3n) is 5.13. The van der Waals surface area contributed by atoms with Crippen molar-refractivity contribution >= 4 is 5.69 Å². The second kappa shape index (κ2) is 7.18. The maximum atomic E-state index is 2.57. The maximum absolute atomic E-state index is 2.57. The molecule has 1 saturated heterocycles. The maximum Gasteiger partial charge on any atom is 0.0399 e. The first-order valence-electron chi connectivity index (χ1n) is 8.78. The van der Waals surface area contributed by atoms with E-state index in [-0.39, 0.29) is 0 Å². The van der Waals surface area contributed by atoms with Crippen LogP contribution in [0.15, 0.2) is 42.5 Å². The largest absolute Gasteiger partial charge is 0.369 e. The molecule has 1 aliphatic heterocycles. The third kappa shape index (κ3) is 3.76. The van der Waals surface area contributed by atoms with Crippen molar-refractivity contribution in [1.82, 2.24) is 4.90 Å². The van der Waals surface area contributed by atoms with Crippen molar-refractivity contribution in [1.29, 1.82) is 0 Å². The highest BCUT2D eigenvalue weighted by atomic mass is 15.3. The van der Waals surface area contributed by atoms with Gasteiger partial charge in [0, 0.05) is 38.4 Å². The van der Waals surface area contributed by atoms with Gasteiger partial charge in [-0.2, -0.15) is 0 Å². The Labute approximate surface area is 140 Å². The Morgan fingerprint density at radius 3 is 2.13 bits per heavy atom. The first-order chi connectivity index (χ1) is 11.2. The predicted molar refractivity (Wildman–Crippen MR) is 99.2 cm³/mol. The molecule has 0 atom stereocenters. The number of aryl methyl sites for hydroxylation is 2. The number of nitrogens with zero attached hydrogens (tertiary/aromatic N) is 2. The number of anilines is 1. The Morgan fingerprint density at radius 1 is 0.826 bits per heavy atom. The van der Waals surface area contributed by atoms with E-state index in [1.54, 1.807) is 0 Å². The van der Waals surface area contributed by atoms with Crippen molar-refractivity contribution in [2.24, 2.45) is 0 Å². The molecule has 2 heteroatoms. The van der Waals surface area contributed by atoms with Crippen LogP contribution < -0.4 is 4.90 Å². The summed E-state index contributed by atoms with van der Waals surface area (Å²) in [6.45, 7) is 12.3. The molecule has 3 rings (SSSR count). The molecule has 0 aromatic heterocycles. The Kier molecular flexibility index (Phi) is 5.02. The van der Waals surface area contributed by atoms with Crippen LogP contribution in [0.2, 0.25) is 0 Å². The molecular formula is C21H28N2.